The number of anilines is 1. The summed E-state index contributed by atoms with van der Waals surface area (Å²) in [6.07, 6.45) is 2.93. The SMILES string of the molecule is Nc1cccnc1OC1CCNC1. The third kappa shape index (κ3) is 1.89. The van der Waals surface area contributed by atoms with E-state index in [1.165, 1.54) is 0 Å². The molecule has 1 aromatic rings. The van der Waals surface area contributed by atoms with Crippen molar-refractivity contribution in [3.8, 4) is 5.88 Å². The van der Waals surface area contributed by atoms with Crippen LogP contribution in [0.3, 0.4) is 0 Å². The van der Waals surface area contributed by atoms with Crippen molar-refractivity contribution in [2.75, 3.05) is 18.8 Å². The van der Waals surface area contributed by atoms with E-state index in [2.05, 4.69) is 10.3 Å². The van der Waals surface area contributed by atoms with E-state index >= 15 is 0 Å². The van der Waals surface area contributed by atoms with Crippen molar-refractivity contribution >= 4 is 5.69 Å². The standard InChI is InChI=1S/C9H13N3O/c10-8-2-1-4-12-9(8)13-7-3-5-11-6-7/h1-2,4,7,11H,3,5-6,10H2. The fourth-order valence-corrected chi connectivity index (χ4v) is 1.39. The molecule has 4 heteroatoms. The first-order valence-electron chi connectivity index (χ1n) is 4.44. The van der Waals surface area contributed by atoms with Gasteiger partial charge in [0.05, 0.1) is 5.69 Å². The molecule has 0 spiro atoms. The largest absolute Gasteiger partial charge is 0.471 e. The molecule has 2 heterocycles. The van der Waals surface area contributed by atoms with Gasteiger partial charge in [-0.3, -0.25) is 0 Å². The summed E-state index contributed by atoms with van der Waals surface area (Å²) < 4.78 is 5.61. The van der Waals surface area contributed by atoms with Gasteiger partial charge in [0.2, 0.25) is 5.88 Å². The fourth-order valence-electron chi connectivity index (χ4n) is 1.39. The van der Waals surface area contributed by atoms with Crippen molar-refractivity contribution < 1.29 is 4.74 Å². The highest BCUT2D eigenvalue weighted by atomic mass is 16.5. The lowest BCUT2D eigenvalue weighted by atomic mass is 10.3. The maximum Gasteiger partial charge on any atom is 0.237 e. The molecule has 0 radical (unpaired) electrons. The molecule has 4 nitrogen and oxygen atoms in total. The van der Waals surface area contributed by atoms with Gasteiger partial charge in [-0.25, -0.2) is 4.98 Å². The van der Waals surface area contributed by atoms with Gasteiger partial charge < -0.3 is 15.8 Å². The second-order valence-electron chi connectivity index (χ2n) is 3.13. The average Bonchev–Trinajstić information content (AvgIpc) is 2.61. The number of ether oxygens (including phenoxy) is 1. The van der Waals surface area contributed by atoms with E-state index in [0.29, 0.717) is 11.6 Å². The zero-order valence-electron chi connectivity index (χ0n) is 7.36. The van der Waals surface area contributed by atoms with Crippen LogP contribution < -0.4 is 15.8 Å². The number of hydrogen-bond acceptors (Lipinski definition) is 4. The van der Waals surface area contributed by atoms with E-state index in [1.807, 2.05) is 0 Å². The second kappa shape index (κ2) is 3.62. The smallest absolute Gasteiger partial charge is 0.237 e. The van der Waals surface area contributed by atoms with Crippen LogP contribution in [0.4, 0.5) is 5.69 Å². The predicted octanol–water partition coefficient (Wildman–Crippen LogP) is 0.404. The first kappa shape index (κ1) is 8.31. The van der Waals surface area contributed by atoms with Crippen LogP contribution >= 0.6 is 0 Å². The van der Waals surface area contributed by atoms with Crippen LogP contribution in [0, 0.1) is 0 Å². The molecule has 1 aromatic heterocycles. The van der Waals surface area contributed by atoms with Crippen molar-refractivity contribution in [1.29, 1.82) is 0 Å². The molecular formula is C9H13N3O. The molecule has 2 rings (SSSR count). The van der Waals surface area contributed by atoms with Crippen molar-refractivity contribution in [1.82, 2.24) is 10.3 Å². The molecule has 1 aliphatic rings. The summed E-state index contributed by atoms with van der Waals surface area (Å²) in [6, 6.07) is 3.60. The molecule has 0 aromatic carbocycles. The summed E-state index contributed by atoms with van der Waals surface area (Å²) in [4.78, 5) is 4.07. The van der Waals surface area contributed by atoms with Gasteiger partial charge in [-0.1, -0.05) is 0 Å². The minimum atomic E-state index is 0.220. The molecule has 1 atom stereocenters. The zero-order chi connectivity index (χ0) is 9.10. The Morgan fingerprint density at radius 2 is 2.54 bits per heavy atom. The van der Waals surface area contributed by atoms with Crippen LogP contribution in [0.1, 0.15) is 6.42 Å². The summed E-state index contributed by atoms with van der Waals surface area (Å²) in [7, 11) is 0. The Morgan fingerprint density at radius 3 is 3.23 bits per heavy atom. The maximum atomic E-state index is 5.69. The van der Waals surface area contributed by atoms with Crippen molar-refractivity contribution in [3.63, 3.8) is 0 Å². The third-order valence-electron chi connectivity index (χ3n) is 2.09. The summed E-state index contributed by atoms with van der Waals surface area (Å²) in [5, 5.41) is 3.22. The molecule has 0 aliphatic carbocycles. The van der Waals surface area contributed by atoms with E-state index < -0.39 is 0 Å². The molecule has 1 fully saturated rings. The molecule has 1 saturated heterocycles. The highest BCUT2D eigenvalue weighted by Crippen LogP contribution is 2.19. The number of hydrogen-bond donors (Lipinski definition) is 2. The quantitative estimate of drug-likeness (QED) is 0.690. The molecule has 0 saturated carbocycles. The Balaban J connectivity index is 2.04. The van der Waals surface area contributed by atoms with Crippen LogP contribution in [-0.2, 0) is 0 Å². The number of nitrogen functional groups attached to an aromatic ring is 1. The number of rotatable bonds is 2. The van der Waals surface area contributed by atoms with Gasteiger partial charge in [-0.05, 0) is 25.1 Å². The monoisotopic (exact) mass is 179 g/mol. The third-order valence-corrected chi connectivity index (χ3v) is 2.09. The van der Waals surface area contributed by atoms with Crippen molar-refractivity contribution in [3.05, 3.63) is 18.3 Å². The number of nitrogens with zero attached hydrogens (tertiary/aromatic N) is 1. The second-order valence-corrected chi connectivity index (χ2v) is 3.13. The number of nitrogens with two attached hydrogens (primary N) is 1. The van der Waals surface area contributed by atoms with Crippen LogP contribution in [0.15, 0.2) is 18.3 Å². The normalized spacial score (nSPS) is 21.7. The molecule has 0 bridgehead atoms. The van der Waals surface area contributed by atoms with Gasteiger partial charge in [-0.15, -0.1) is 0 Å². The average molecular weight is 179 g/mol. The van der Waals surface area contributed by atoms with Crippen LogP contribution in [0.5, 0.6) is 5.88 Å². The molecular weight excluding hydrogens is 166 g/mol. The van der Waals surface area contributed by atoms with E-state index in [0.717, 1.165) is 19.5 Å². The summed E-state index contributed by atoms with van der Waals surface area (Å²) >= 11 is 0. The van der Waals surface area contributed by atoms with E-state index in [-0.39, 0.29) is 6.10 Å². The lowest BCUT2D eigenvalue weighted by Gasteiger charge is -2.12. The Kier molecular flexibility index (Phi) is 2.31. The number of pyridine rings is 1. The Morgan fingerprint density at radius 1 is 1.62 bits per heavy atom. The molecule has 70 valence electrons. The van der Waals surface area contributed by atoms with E-state index in [9.17, 15) is 0 Å². The lowest BCUT2D eigenvalue weighted by molar-refractivity contribution is 0.215. The highest BCUT2D eigenvalue weighted by molar-refractivity contribution is 5.46. The minimum absolute atomic E-state index is 0.220. The first-order valence-corrected chi connectivity index (χ1v) is 4.44. The van der Waals surface area contributed by atoms with Gasteiger partial charge in [0.1, 0.15) is 6.10 Å². The Hall–Kier alpha value is -1.29. The van der Waals surface area contributed by atoms with Crippen LogP contribution in [0.2, 0.25) is 0 Å². The van der Waals surface area contributed by atoms with Gasteiger partial charge in [0, 0.05) is 12.7 Å². The number of aromatic nitrogens is 1. The molecule has 13 heavy (non-hydrogen) atoms. The van der Waals surface area contributed by atoms with E-state index in [4.69, 9.17) is 10.5 Å². The maximum absolute atomic E-state index is 5.69. The molecule has 0 amide bonds. The topological polar surface area (TPSA) is 60.2 Å². The zero-order valence-corrected chi connectivity index (χ0v) is 7.36. The summed E-state index contributed by atoms with van der Waals surface area (Å²) in [5.74, 6) is 0.552. The fraction of sp³-hybridized carbons (Fsp3) is 0.444. The van der Waals surface area contributed by atoms with Gasteiger partial charge in [-0.2, -0.15) is 0 Å². The number of nitrogens with one attached hydrogen (secondary N) is 1. The molecule has 1 aliphatic heterocycles. The Bertz CT molecular complexity index is 284. The van der Waals surface area contributed by atoms with E-state index in [1.54, 1.807) is 18.3 Å². The van der Waals surface area contributed by atoms with Gasteiger partial charge in [0.25, 0.3) is 0 Å². The van der Waals surface area contributed by atoms with Crippen molar-refractivity contribution in [2.24, 2.45) is 0 Å². The lowest BCUT2D eigenvalue weighted by Crippen LogP contribution is -2.20. The first-order chi connectivity index (χ1) is 6.36. The Labute approximate surface area is 77.1 Å². The summed E-state index contributed by atoms with van der Waals surface area (Å²) in [5.41, 5.74) is 6.30. The van der Waals surface area contributed by atoms with Gasteiger partial charge >= 0.3 is 0 Å². The highest BCUT2D eigenvalue weighted by Gasteiger charge is 2.17. The minimum Gasteiger partial charge on any atom is -0.471 e. The summed E-state index contributed by atoms with van der Waals surface area (Å²) in [6.45, 7) is 1.90. The molecule has 1 unspecified atom stereocenters. The molecule has 3 N–H and O–H groups in total. The van der Waals surface area contributed by atoms with Gasteiger partial charge in [0.15, 0.2) is 0 Å². The van der Waals surface area contributed by atoms with Crippen LogP contribution in [-0.4, -0.2) is 24.2 Å². The van der Waals surface area contributed by atoms with Crippen LogP contribution in [0.25, 0.3) is 0 Å². The predicted molar refractivity (Wildman–Crippen MR) is 50.6 cm³/mol. The van der Waals surface area contributed by atoms with Crippen molar-refractivity contribution in [2.45, 2.75) is 12.5 Å².